The lowest BCUT2D eigenvalue weighted by molar-refractivity contribution is -0.0268. The standard InChI is InChI=1S/C8H19NO4/c1-11-4-5-13-7-8(10)6-12-3-2-9/h8,10H,2-7,9H2,1H3. The Morgan fingerprint density at radius 1 is 1.15 bits per heavy atom. The van der Waals surface area contributed by atoms with E-state index >= 15 is 0 Å². The highest BCUT2D eigenvalue weighted by Crippen LogP contribution is 1.87. The van der Waals surface area contributed by atoms with Gasteiger partial charge in [-0.1, -0.05) is 0 Å². The molecule has 1 atom stereocenters. The summed E-state index contributed by atoms with van der Waals surface area (Å²) in [4.78, 5) is 0. The van der Waals surface area contributed by atoms with Crippen LogP contribution in [0.4, 0.5) is 0 Å². The first-order valence-corrected chi connectivity index (χ1v) is 4.33. The largest absolute Gasteiger partial charge is 0.388 e. The normalized spacial score (nSPS) is 13.2. The molecule has 0 spiro atoms. The number of methoxy groups -OCH3 is 1. The van der Waals surface area contributed by atoms with Gasteiger partial charge in [-0.3, -0.25) is 0 Å². The highest BCUT2D eigenvalue weighted by Gasteiger charge is 2.03. The van der Waals surface area contributed by atoms with Gasteiger partial charge in [0.05, 0.1) is 33.0 Å². The van der Waals surface area contributed by atoms with Gasteiger partial charge in [-0.25, -0.2) is 0 Å². The molecular weight excluding hydrogens is 174 g/mol. The Morgan fingerprint density at radius 2 is 1.77 bits per heavy atom. The van der Waals surface area contributed by atoms with Crippen LogP contribution in [0.3, 0.4) is 0 Å². The molecule has 5 nitrogen and oxygen atoms in total. The fourth-order valence-electron chi connectivity index (χ4n) is 0.712. The third-order valence-electron chi connectivity index (χ3n) is 1.31. The van der Waals surface area contributed by atoms with Crippen LogP contribution < -0.4 is 5.73 Å². The van der Waals surface area contributed by atoms with Gasteiger partial charge in [-0.2, -0.15) is 0 Å². The van der Waals surface area contributed by atoms with Gasteiger partial charge in [0.1, 0.15) is 6.10 Å². The van der Waals surface area contributed by atoms with E-state index in [9.17, 15) is 5.11 Å². The molecule has 3 N–H and O–H groups in total. The molecule has 0 fully saturated rings. The fraction of sp³-hybridized carbons (Fsp3) is 1.00. The Hall–Kier alpha value is -0.200. The van der Waals surface area contributed by atoms with E-state index in [0.29, 0.717) is 26.4 Å². The van der Waals surface area contributed by atoms with Crippen molar-refractivity contribution in [1.82, 2.24) is 0 Å². The van der Waals surface area contributed by atoms with Crippen molar-refractivity contribution in [3.63, 3.8) is 0 Å². The average Bonchev–Trinajstić information content (AvgIpc) is 2.13. The van der Waals surface area contributed by atoms with Crippen molar-refractivity contribution in [3.8, 4) is 0 Å². The molecular formula is C8H19NO4. The van der Waals surface area contributed by atoms with Gasteiger partial charge in [-0.15, -0.1) is 0 Å². The smallest absolute Gasteiger partial charge is 0.101 e. The van der Waals surface area contributed by atoms with Crippen molar-refractivity contribution >= 4 is 0 Å². The third-order valence-corrected chi connectivity index (χ3v) is 1.31. The molecule has 0 bridgehead atoms. The van der Waals surface area contributed by atoms with Crippen molar-refractivity contribution in [3.05, 3.63) is 0 Å². The highest BCUT2D eigenvalue weighted by molar-refractivity contribution is 4.51. The number of aliphatic hydroxyl groups is 1. The summed E-state index contributed by atoms with van der Waals surface area (Å²) in [6, 6.07) is 0. The van der Waals surface area contributed by atoms with E-state index in [1.165, 1.54) is 0 Å². The number of nitrogens with two attached hydrogens (primary N) is 1. The maximum absolute atomic E-state index is 9.24. The highest BCUT2D eigenvalue weighted by atomic mass is 16.5. The Labute approximate surface area is 78.8 Å². The van der Waals surface area contributed by atoms with Crippen molar-refractivity contribution in [2.75, 3.05) is 46.7 Å². The molecule has 0 aliphatic carbocycles. The zero-order valence-corrected chi connectivity index (χ0v) is 8.07. The molecule has 0 aromatic rings. The maximum atomic E-state index is 9.24. The minimum absolute atomic E-state index is 0.268. The Bertz CT molecular complexity index is 102. The van der Waals surface area contributed by atoms with Gasteiger partial charge in [0.15, 0.2) is 0 Å². The summed E-state index contributed by atoms with van der Waals surface area (Å²) in [5.41, 5.74) is 5.20. The molecule has 80 valence electrons. The van der Waals surface area contributed by atoms with Gasteiger partial charge in [-0.05, 0) is 0 Å². The van der Waals surface area contributed by atoms with Crippen LogP contribution in [0.1, 0.15) is 0 Å². The summed E-state index contributed by atoms with van der Waals surface area (Å²) >= 11 is 0. The first kappa shape index (κ1) is 12.8. The molecule has 0 aromatic heterocycles. The quantitative estimate of drug-likeness (QED) is 0.459. The number of hydrogen-bond acceptors (Lipinski definition) is 5. The van der Waals surface area contributed by atoms with E-state index in [0.717, 1.165) is 0 Å². The third kappa shape index (κ3) is 9.72. The minimum atomic E-state index is -0.580. The van der Waals surface area contributed by atoms with Crippen molar-refractivity contribution in [1.29, 1.82) is 0 Å². The molecule has 13 heavy (non-hydrogen) atoms. The molecule has 0 aliphatic rings. The molecule has 0 heterocycles. The summed E-state index contributed by atoms with van der Waals surface area (Å²) in [6.07, 6.45) is -0.580. The van der Waals surface area contributed by atoms with E-state index in [1.807, 2.05) is 0 Å². The first-order valence-electron chi connectivity index (χ1n) is 4.33. The van der Waals surface area contributed by atoms with Crippen LogP contribution in [0, 0.1) is 0 Å². The number of ether oxygens (including phenoxy) is 3. The maximum Gasteiger partial charge on any atom is 0.101 e. The van der Waals surface area contributed by atoms with Gasteiger partial charge in [0, 0.05) is 13.7 Å². The summed E-state index contributed by atoms with van der Waals surface area (Å²) in [5, 5.41) is 9.24. The van der Waals surface area contributed by atoms with E-state index in [-0.39, 0.29) is 13.2 Å². The number of rotatable bonds is 9. The summed E-state index contributed by atoms with van der Waals surface area (Å²) < 4.78 is 14.9. The van der Waals surface area contributed by atoms with E-state index in [2.05, 4.69) is 0 Å². The van der Waals surface area contributed by atoms with E-state index < -0.39 is 6.10 Å². The van der Waals surface area contributed by atoms with Crippen molar-refractivity contribution < 1.29 is 19.3 Å². The molecule has 0 saturated heterocycles. The predicted molar refractivity (Wildman–Crippen MR) is 48.6 cm³/mol. The molecule has 0 aliphatic heterocycles. The monoisotopic (exact) mass is 193 g/mol. The summed E-state index contributed by atoms with van der Waals surface area (Å²) in [5.74, 6) is 0. The van der Waals surface area contributed by atoms with Crippen LogP contribution in [0.25, 0.3) is 0 Å². The van der Waals surface area contributed by atoms with Crippen LogP contribution in [-0.4, -0.2) is 57.9 Å². The van der Waals surface area contributed by atoms with E-state index in [4.69, 9.17) is 19.9 Å². The molecule has 1 unspecified atom stereocenters. The number of hydrogen-bond donors (Lipinski definition) is 2. The molecule has 0 saturated carbocycles. The Kier molecular flexibility index (Phi) is 9.73. The lowest BCUT2D eigenvalue weighted by Crippen LogP contribution is -2.24. The molecule has 5 heteroatoms. The van der Waals surface area contributed by atoms with Crippen LogP contribution in [0.5, 0.6) is 0 Å². The SMILES string of the molecule is COCCOCC(O)COCCN. The van der Waals surface area contributed by atoms with Gasteiger partial charge in [0.2, 0.25) is 0 Å². The first-order chi connectivity index (χ1) is 6.31. The Morgan fingerprint density at radius 3 is 2.31 bits per heavy atom. The van der Waals surface area contributed by atoms with Crippen LogP contribution >= 0.6 is 0 Å². The van der Waals surface area contributed by atoms with Gasteiger partial charge >= 0.3 is 0 Å². The summed E-state index contributed by atoms with van der Waals surface area (Å²) in [7, 11) is 1.60. The van der Waals surface area contributed by atoms with E-state index in [1.54, 1.807) is 7.11 Å². The topological polar surface area (TPSA) is 73.9 Å². The molecule has 0 rings (SSSR count). The number of aliphatic hydroxyl groups excluding tert-OH is 1. The second kappa shape index (κ2) is 9.88. The average molecular weight is 193 g/mol. The Balaban J connectivity index is 3.05. The van der Waals surface area contributed by atoms with Gasteiger partial charge < -0.3 is 25.1 Å². The second-order valence-corrected chi connectivity index (χ2v) is 2.59. The second-order valence-electron chi connectivity index (χ2n) is 2.59. The lowest BCUT2D eigenvalue weighted by Gasteiger charge is -2.10. The zero-order chi connectivity index (χ0) is 9.94. The fourth-order valence-corrected chi connectivity index (χ4v) is 0.712. The zero-order valence-electron chi connectivity index (χ0n) is 8.07. The predicted octanol–water partition coefficient (Wildman–Crippen LogP) is -1.01. The van der Waals surface area contributed by atoms with Crippen LogP contribution in [-0.2, 0) is 14.2 Å². The summed E-state index contributed by atoms with van der Waals surface area (Å²) in [6.45, 7) is 2.51. The molecule has 0 amide bonds. The molecule has 0 aromatic carbocycles. The lowest BCUT2D eigenvalue weighted by atomic mass is 10.4. The van der Waals surface area contributed by atoms with Gasteiger partial charge in [0.25, 0.3) is 0 Å². The molecule has 0 radical (unpaired) electrons. The minimum Gasteiger partial charge on any atom is -0.388 e. The van der Waals surface area contributed by atoms with Crippen molar-refractivity contribution in [2.24, 2.45) is 5.73 Å². The van der Waals surface area contributed by atoms with Crippen molar-refractivity contribution in [2.45, 2.75) is 6.10 Å². The van der Waals surface area contributed by atoms with Crippen LogP contribution in [0.2, 0.25) is 0 Å². The van der Waals surface area contributed by atoms with Crippen LogP contribution in [0.15, 0.2) is 0 Å².